The van der Waals surface area contributed by atoms with Crippen LogP contribution in [0.1, 0.15) is 39.3 Å². The molecule has 0 aliphatic rings. The van der Waals surface area contributed by atoms with Crippen molar-refractivity contribution in [2.45, 2.75) is 39.3 Å². The lowest BCUT2D eigenvalue weighted by Gasteiger charge is -2.24. The Morgan fingerprint density at radius 1 is 1.00 bits per heavy atom. The summed E-state index contributed by atoms with van der Waals surface area (Å²) < 4.78 is 10.8. The lowest BCUT2D eigenvalue weighted by Crippen LogP contribution is -2.40. The predicted molar refractivity (Wildman–Crippen MR) is 105 cm³/mol. The number of alkyl carbamates (subject to hydrolysis) is 1. The van der Waals surface area contributed by atoms with Crippen LogP contribution < -0.4 is 15.4 Å². The van der Waals surface area contributed by atoms with Crippen molar-refractivity contribution in [3.8, 4) is 5.75 Å². The highest BCUT2D eigenvalue weighted by molar-refractivity contribution is 5.98. The molecule has 0 heterocycles. The van der Waals surface area contributed by atoms with Crippen LogP contribution in [0.25, 0.3) is 0 Å². The van der Waals surface area contributed by atoms with E-state index in [9.17, 15) is 9.59 Å². The lowest BCUT2D eigenvalue weighted by molar-refractivity contribution is -0.118. The Balaban J connectivity index is 2.23. The maximum atomic E-state index is 12.9. The summed E-state index contributed by atoms with van der Waals surface area (Å²) in [5.41, 5.74) is 0.523. The highest BCUT2D eigenvalue weighted by atomic mass is 16.6. The number of anilines is 1. The van der Waals surface area contributed by atoms with E-state index in [0.717, 1.165) is 0 Å². The summed E-state index contributed by atoms with van der Waals surface area (Å²) in [5.74, 6) is 0.177. The molecule has 2 rings (SSSR count). The molecule has 2 amide bonds. The number of para-hydroxylation sites is 2. The first-order chi connectivity index (χ1) is 12.8. The number of nitrogens with one attached hydrogen (secondary N) is 2. The Kier molecular flexibility index (Phi) is 6.82. The highest BCUT2D eigenvalue weighted by Gasteiger charge is 2.26. The molecule has 6 nitrogen and oxygen atoms in total. The van der Waals surface area contributed by atoms with Crippen molar-refractivity contribution in [1.29, 1.82) is 0 Å². The largest absolute Gasteiger partial charge is 0.492 e. The normalized spacial score (nSPS) is 12.0. The fourth-order valence-corrected chi connectivity index (χ4v) is 2.43. The molecule has 0 spiro atoms. The van der Waals surface area contributed by atoms with Gasteiger partial charge in [-0.25, -0.2) is 4.79 Å². The van der Waals surface area contributed by atoms with Gasteiger partial charge in [-0.15, -0.1) is 0 Å². The average Bonchev–Trinajstić information content (AvgIpc) is 2.61. The molecule has 2 aromatic rings. The van der Waals surface area contributed by atoms with E-state index in [1.165, 1.54) is 0 Å². The second kappa shape index (κ2) is 9.07. The van der Waals surface area contributed by atoms with Crippen molar-refractivity contribution >= 4 is 17.7 Å². The van der Waals surface area contributed by atoms with Crippen molar-refractivity contribution in [3.05, 3.63) is 60.2 Å². The molecule has 2 aromatic carbocycles. The van der Waals surface area contributed by atoms with E-state index in [-0.39, 0.29) is 5.91 Å². The number of benzene rings is 2. The summed E-state index contributed by atoms with van der Waals surface area (Å²) >= 11 is 0. The van der Waals surface area contributed by atoms with E-state index in [0.29, 0.717) is 23.6 Å². The first kappa shape index (κ1) is 20.3. The van der Waals surface area contributed by atoms with Gasteiger partial charge in [0.05, 0.1) is 12.3 Å². The average molecular weight is 370 g/mol. The van der Waals surface area contributed by atoms with Gasteiger partial charge in [-0.05, 0) is 45.4 Å². The van der Waals surface area contributed by atoms with Gasteiger partial charge in [-0.2, -0.15) is 0 Å². The second-order valence-electron chi connectivity index (χ2n) is 6.91. The molecular weight excluding hydrogens is 344 g/mol. The third kappa shape index (κ3) is 6.33. The number of amides is 2. The van der Waals surface area contributed by atoms with Crippen molar-refractivity contribution in [2.75, 3.05) is 11.9 Å². The van der Waals surface area contributed by atoms with Gasteiger partial charge < -0.3 is 20.1 Å². The van der Waals surface area contributed by atoms with E-state index in [1.807, 2.05) is 19.1 Å². The SMILES string of the molecule is CCOc1ccccc1NC(=O)C(NC(=O)OC(C)(C)C)c1ccccc1. The van der Waals surface area contributed by atoms with Crippen molar-refractivity contribution < 1.29 is 19.1 Å². The molecule has 2 N–H and O–H groups in total. The molecule has 0 radical (unpaired) electrons. The molecule has 0 aliphatic heterocycles. The van der Waals surface area contributed by atoms with E-state index in [4.69, 9.17) is 9.47 Å². The number of hydrogen-bond acceptors (Lipinski definition) is 4. The minimum Gasteiger partial charge on any atom is -0.492 e. The van der Waals surface area contributed by atoms with Crippen molar-refractivity contribution in [3.63, 3.8) is 0 Å². The maximum absolute atomic E-state index is 12.9. The van der Waals surface area contributed by atoms with Crippen LogP contribution in [0.5, 0.6) is 5.75 Å². The molecule has 0 fully saturated rings. The van der Waals surface area contributed by atoms with Gasteiger partial charge >= 0.3 is 6.09 Å². The van der Waals surface area contributed by atoms with Crippen LogP contribution in [0.15, 0.2) is 54.6 Å². The summed E-state index contributed by atoms with van der Waals surface area (Å²) in [6.45, 7) is 7.65. The Morgan fingerprint density at radius 3 is 2.26 bits per heavy atom. The van der Waals surface area contributed by atoms with Gasteiger partial charge in [0, 0.05) is 0 Å². The molecule has 1 atom stereocenters. The molecular formula is C21H26N2O4. The Hall–Kier alpha value is -3.02. The first-order valence-electron chi connectivity index (χ1n) is 8.87. The topological polar surface area (TPSA) is 76.7 Å². The summed E-state index contributed by atoms with van der Waals surface area (Å²) in [4.78, 5) is 25.2. The minimum atomic E-state index is -0.907. The van der Waals surface area contributed by atoms with E-state index < -0.39 is 17.7 Å². The molecule has 0 saturated carbocycles. The molecule has 0 aliphatic carbocycles. The van der Waals surface area contributed by atoms with Crippen LogP contribution in [-0.4, -0.2) is 24.2 Å². The van der Waals surface area contributed by atoms with Gasteiger partial charge in [-0.3, -0.25) is 4.79 Å². The zero-order valence-corrected chi connectivity index (χ0v) is 16.1. The zero-order valence-electron chi connectivity index (χ0n) is 16.1. The molecule has 27 heavy (non-hydrogen) atoms. The fraction of sp³-hybridized carbons (Fsp3) is 0.333. The number of hydrogen-bond donors (Lipinski definition) is 2. The first-order valence-corrected chi connectivity index (χ1v) is 8.87. The smallest absolute Gasteiger partial charge is 0.408 e. The van der Waals surface area contributed by atoms with Gasteiger partial charge in [0.25, 0.3) is 5.91 Å². The summed E-state index contributed by atoms with van der Waals surface area (Å²) in [7, 11) is 0. The van der Waals surface area contributed by atoms with Crippen LogP contribution in [-0.2, 0) is 9.53 Å². The Bertz CT molecular complexity index is 769. The second-order valence-corrected chi connectivity index (χ2v) is 6.91. The van der Waals surface area contributed by atoms with Crippen LogP contribution >= 0.6 is 0 Å². The van der Waals surface area contributed by atoms with Crippen LogP contribution in [0.4, 0.5) is 10.5 Å². The molecule has 0 saturated heterocycles. The van der Waals surface area contributed by atoms with Crippen LogP contribution in [0.2, 0.25) is 0 Å². The summed E-state index contributed by atoms with van der Waals surface area (Å²) in [6.07, 6.45) is -0.662. The van der Waals surface area contributed by atoms with Gasteiger partial charge in [0.1, 0.15) is 17.4 Å². The lowest BCUT2D eigenvalue weighted by atomic mass is 10.1. The van der Waals surface area contributed by atoms with Crippen LogP contribution in [0.3, 0.4) is 0 Å². The van der Waals surface area contributed by atoms with E-state index in [1.54, 1.807) is 63.2 Å². The molecule has 0 bridgehead atoms. The van der Waals surface area contributed by atoms with E-state index in [2.05, 4.69) is 10.6 Å². The predicted octanol–water partition coefficient (Wildman–Crippen LogP) is 4.29. The Labute approximate surface area is 159 Å². The molecule has 6 heteroatoms. The zero-order chi connectivity index (χ0) is 19.9. The molecule has 1 unspecified atom stereocenters. The summed E-state index contributed by atoms with van der Waals surface area (Å²) in [6, 6.07) is 15.3. The van der Waals surface area contributed by atoms with E-state index >= 15 is 0 Å². The fourth-order valence-electron chi connectivity index (χ4n) is 2.43. The molecule has 144 valence electrons. The van der Waals surface area contributed by atoms with Crippen molar-refractivity contribution in [2.24, 2.45) is 0 Å². The number of ether oxygens (including phenoxy) is 2. The monoisotopic (exact) mass is 370 g/mol. The molecule has 0 aromatic heterocycles. The third-order valence-corrected chi connectivity index (χ3v) is 3.50. The van der Waals surface area contributed by atoms with Crippen LogP contribution in [0, 0.1) is 0 Å². The third-order valence-electron chi connectivity index (χ3n) is 3.50. The maximum Gasteiger partial charge on any atom is 0.408 e. The number of rotatable bonds is 6. The van der Waals surface area contributed by atoms with Gasteiger partial charge in [0.2, 0.25) is 0 Å². The quantitative estimate of drug-likeness (QED) is 0.795. The highest BCUT2D eigenvalue weighted by Crippen LogP contribution is 2.25. The number of carbonyl (C=O) groups excluding carboxylic acids is 2. The van der Waals surface area contributed by atoms with Crippen molar-refractivity contribution in [1.82, 2.24) is 5.32 Å². The van der Waals surface area contributed by atoms with Gasteiger partial charge in [-0.1, -0.05) is 42.5 Å². The Morgan fingerprint density at radius 2 is 1.63 bits per heavy atom. The van der Waals surface area contributed by atoms with Gasteiger partial charge in [0.15, 0.2) is 0 Å². The minimum absolute atomic E-state index is 0.390. The summed E-state index contributed by atoms with van der Waals surface area (Å²) in [5, 5.41) is 5.48. The standard InChI is InChI=1S/C21H26N2O4/c1-5-26-17-14-10-9-13-16(17)22-19(24)18(15-11-7-6-8-12-15)23-20(25)27-21(2,3)4/h6-14,18H,5H2,1-4H3,(H,22,24)(H,23,25). The number of carbonyl (C=O) groups is 2.